The van der Waals surface area contributed by atoms with Gasteiger partial charge in [-0.15, -0.1) is 0 Å². The normalized spacial score (nSPS) is 10.1. The van der Waals surface area contributed by atoms with Crippen molar-refractivity contribution in [2.24, 2.45) is 0 Å². The Morgan fingerprint density at radius 1 is 0.920 bits per heavy atom. The van der Waals surface area contributed by atoms with E-state index in [0.717, 1.165) is 16.9 Å². The van der Waals surface area contributed by atoms with Crippen LogP contribution in [0.15, 0.2) is 30.3 Å². The summed E-state index contributed by atoms with van der Waals surface area (Å²) in [6.45, 7) is 1.89. The lowest BCUT2D eigenvalue weighted by molar-refractivity contribution is -0.115. The van der Waals surface area contributed by atoms with Gasteiger partial charge in [0.05, 0.1) is 40.5 Å². The number of hydrogen-bond donors (Lipinski definition) is 1. The van der Waals surface area contributed by atoms with Gasteiger partial charge in [0.2, 0.25) is 5.91 Å². The van der Waals surface area contributed by atoms with Gasteiger partial charge < -0.3 is 24.3 Å². The lowest BCUT2D eigenvalue weighted by Crippen LogP contribution is -2.16. The van der Waals surface area contributed by atoms with Crippen LogP contribution in [0, 0.1) is 6.92 Å². The van der Waals surface area contributed by atoms with Gasteiger partial charge in [-0.2, -0.15) is 0 Å². The standard InChI is InChI=1S/C19H23NO5/c1-12-16(23-3)8-6-13(19(12)25-5)10-18(21)20-15-11-14(22-2)7-9-17(15)24-4/h6-9,11H,10H2,1-5H3,(H,20,21). The average Bonchev–Trinajstić information content (AvgIpc) is 2.62. The molecule has 0 unspecified atom stereocenters. The van der Waals surface area contributed by atoms with Crippen LogP contribution in [0.25, 0.3) is 0 Å². The number of rotatable bonds is 7. The predicted molar refractivity (Wildman–Crippen MR) is 96.2 cm³/mol. The summed E-state index contributed by atoms with van der Waals surface area (Å²) < 4.78 is 21.2. The number of carbonyl (C=O) groups is 1. The maximum Gasteiger partial charge on any atom is 0.229 e. The fraction of sp³-hybridized carbons (Fsp3) is 0.316. The molecule has 0 spiro atoms. The highest BCUT2D eigenvalue weighted by Gasteiger charge is 2.15. The predicted octanol–water partition coefficient (Wildman–Crippen LogP) is 3.21. The minimum absolute atomic E-state index is 0.161. The summed E-state index contributed by atoms with van der Waals surface area (Å²) >= 11 is 0. The molecule has 134 valence electrons. The zero-order valence-corrected chi connectivity index (χ0v) is 15.1. The van der Waals surface area contributed by atoms with Gasteiger partial charge in [0.1, 0.15) is 23.0 Å². The third-order valence-corrected chi connectivity index (χ3v) is 3.89. The Bertz CT molecular complexity index is 758. The van der Waals surface area contributed by atoms with E-state index in [1.165, 1.54) is 0 Å². The molecule has 0 saturated carbocycles. The van der Waals surface area contributed by atoms with Crippen molar-refractivity contribution in [1.82, 2.24) is 0 Å². The van der Waals surface area contributed by atoms with Crippen LogP contribution in [0.4, 0.5) is 5.69 Å². The van der Waals surface area contributed by atoms with Gasteiger partial charge in [0.15, 0.2) is 0 Å². The lowest BCUT2D eigenvalue weighted by Gasteiger charge is -2.15. The van der Waals surface area contributed by atoms with Crippen molar-refractivity contribution in [2.45, 2.75) is 13.3 Å². The highest BCUT2D eigenvalue weighted by molar-refractivity contribution is 5.94. The fourth-order valence-electron chi connectivity index (χ4n) is 2.65. The van der Waals surface area contributed by atoms with Crippen LogP contribution in [0.3, 0.4) is 0 Å². The molecule has 6 nitrogen and oxygen atoms in total. The van der Waals surface area contributed by atoms with E-state index in [1.54, 1.807) is 46.6 Å². The van der Waals surface area contributed by atoms with E-state index >= 15 is 0 Å². The number of amides is 1. The Morgan fingerprint density at radius 3 is 2.20 bits per heavy atom. The minimum Gasteiger partial charge on any atom is -0.497 e. The monoisotopic (exact) mass is 345 g/mol. The second-order valence-corrected chi connectivity index (χ2v) is 5.38. The zero-order valence-electron chi connectivity index (χ0n) is 15.1. The van der Waals surface area contributed by atoms with E-state index in [-0.39, 0.29) is 12.3 Å². The molecule has 0 atom stereocenters. The average molecular weight is 345 g/mol. The molecule has 25 heavy (non-hydrogen) atoms. The van der Waals surface area contributed by atoms with Crippen molar-refractivity contribution in [3.63, 3.8) is 0 Å². The second-order valence-electron chi connectivity index (χ2n) is 5.38. The SMILES string of the molecule is COc1ccc(OC)c(NC(=O)Cc2ccc(OC)c(C)c2OC)c1. The maximum absolute atomic E-state index is 12.5. The van der Waals surface area contributed by atoms with E-state index in [2.05, 4.69) is 5.32 Å². The summed E-state index contributed by atoms with van der Waals surface area (Å²) in [7, 11) is 6.29. The molecule has 0 aromatic heterocycles. The van der Waals surface area contributed by atoms with Crippen LogP contribution in [0.2, 0.25) is 0 Å². The van der Waals surface area contributed by atoms with Gasteiger partial charge in [0, 0.05) is 17.2 Å². The summed E-state index contributed by atoms with van der Waals surface area (Å²) in [4.78, 5) is 12.5. The Kier molecular flexibility index (Phi) is 6.11. The molecular formula is C19H23NO5. The smallest absolute Gasteiger partial charge is 0.229 e. The number of benzene rings is 2. The fourth-order valence-corrected chi connectivity index (χ4v) is 2.65. The van der Waals surface area contributed by atoms with Crippen LogP contribution in [0.1, 0.15) is 11.1 Å². The summed E-state index contributed by atoms with van der Waals surface area (Å²) in [5.74, 6) is 2.37. The quantitative estimate of drug-likeness (QED) is 0.835. The first kappa shape index (κ1) is 18.4. The summed E-state index contributed by atoms with van der Waals surface area (Å²) in [5, 5.41) is 2.85. The van der Waals surface area contributed by atoms with Crippen molar-refractivity contribution >= 4 is 11.6 Å². The van der Waals surface area contributed by atoms with Gasteiger partial charge in [-0.3, -0.25) is 4.79 Å². The van der Waals surface area contributed by atoms with Gasteiger partial charge in [-0.1, -0.05) is 6.07 Å². The Morgan fingerprint density at radius 2 is 1.60 bits per heavy atom. The molecule has 2 aromatic rings. The Labute approximate surface area is 147 Å². The van der Waals surface area contributed by atoms with Crippen molar-refractivity contribution in [1.29, 1.82) is 0 Å². The largest absolute Gasteiger partial charge is 0.497 e. The first-order valence-corrected chi connectivity index (χ1v) is 7.76. The Hall–Kier alpha value is -2.89. The Balaban J connectivity index is 2.22. The summed E-state index contributed by atoms with van der Waals surface area (Å²) in [6, 6.07) is 8.88. The molecule has 0 radical (unpaired) electrons. The highest BCUT2D eigenvalue weighted by atomic mass is 16.5. The molecule has 0 aliphatic heterocycles. The first-order valence-electron chi connectivity index (χ1n) is 7.76. The van der Waals surface area contributed by atoms with Crippen molar-refractivity contribution in [3.8, 4) is 23.0 Å². The lowest BCUT2D eigenvalue weighted by atomic mass is 10.1. The molecular weight excluding hydrogens is 322 g/mol. The topological polar surface area (TPSA) is 66.0 Å². The van der Waals surface area contributed by atoms with Crippen molar-refractivity contribution < 1.29 is 23.7 Å². The van der Waals surface area contributed by atoms with E-state index in [0.29, 0.717) is 22.9 Å². The third-order valence-electron chi connectivity index (χ3n) is 3.89. The molecule has 0 bridgehead atoms. The van der Waals surface area contributed by atoms with Gasteiger partial charge in [0.25, 0.3) is 0 Å². The van der Waals surface area contributed by atoms with E-state index in [1.807, 2.05) is 19.1 Å². The van der Waals surface area contributed by atoms with Crippen LogP contribution >= 0.6 is 0 Å². The molecule has 6 heteroatoms. The first-order chi connectivity index (χ1) is 12.0. The third kappa shape index (κ3) is 4.15. The molecule has 0 heterocycles. The number of methoxy groups -OCH3 is 4. The molecule has 2 rings (SSSR count). The van der Waals surface area contributed by atoms with Gasteiger partial charge in [-0.25, -0.2) is 0 Å². The minimum atomic E-state index is -0.186. The molecule has 0 saturated heterocycles. The number of nitrogens with one attached hydrogen (secondary N) is 1. The highest BCUT2D eigenvalue weighted by Crippen LogP contribution is 2.32. The van der Waals surface area contributed by atoms with E-state index in [9.17, 15) is 4.79 Å². The van der Waals surface area contributed by atoms with E-state index < -0.39 is 0 Å². The summed E-state index contributed by atoms with van der Waals surface area (Å²) in [5.41, 5.74) is 2.19. The van der Waals surface area contributed by atoms with Crippen LogP contribution < -0.4 is 24.3 Å². The molecule has 0 fully saturated rings. The van der Waals surface area contributed by atoms with Gasteiger partial charge in [-0.05, 0) is 25.1 Å². The van der Waals surface area contributed by atoms with Crippen LogP contribution in [0.5, 0.6) is 23.0 Å². The molecule has 1 amide bonds. The molecule has 2 aromatic carbocycles. The number of ether oxygens (including phenoxy) is 4. The maximum atomic E-state index is 12.5. The molecule has 0 aliphatic carbocycles. The second kappa shape index (κ2) is 8.28. The van der Waals surface area contributed by atoms with E-state index in [4.69, 9.17) is 18.9 Å². The number of hydrogen-bond acceptors (Lipinski definition) is 5. The zero-order chi connectivity index (χ0) is 18.4. The molecule has 1 N–H and O–H groups in total. The van der Waals surface area contributed by atoms with Crippen molar-refractivity contribution in [3.05, 3.63) is 41.5 Å². The molecule has 0 aliphatic rings. The number of carbonyl (C=O) groups excluding carboxylic acids is 1. The number of anilines is 1. The summed E-state index contributed by atoms with van der Waals surface area (Å²) in [6.07, 6.45) is 0.161. The van der Waals surface area contributed by atoms with Crippen molar-refractivity contribution in [2.75, 3.05) is 33.8 Å². The van der Waals surface area contributed by atoms with Crippen LogP contribution in [-0.4, -0.2) is 34.3 Å². The van der Waals surface area contributed by atoms with Gasteiger partial charge >= 0.3 is 0 Å². The van der Waals surface area contributed by atoms with Crippen LogP contribution in [-0.2, 0) is 11.2 Å².